The molecule has 17 heavy (non-hydrogen) atoms. The Kier molecular flexibility index (Phi) is 3.78. The van der Waals surface area contributed by atoms with Crippen molar-refractivity contribution in [2.24, 2.45) is 5.92 Å². The summed E-state index contributed by atoms with van der Waals surface area (Å²) >= 11 is 0. The van der Waals surface area contributed by atoms with E-state index in [1.807, 2.05) is 6.92 Å². The van der Waals surface area contributed by atoms with Gasteiger partial charge in [0.05, 0.1) is 0 Å². The zero-order valence-electron chi connectivity index (χ0n) is 10.4. The van der Waals surface area contributed by atoms with Crippen LogP contribution in [0.2, 0.25) is 0 Å². The molecule has 5 nitrogen and oxygen atoms in total. The van der Waals surface area contributed by atoms with Crippen molar-refractivity contribution < 1.29 is 9.32 Å². The summed E-state index contributed by atoms with van der Waals surface area (Å²) in [4.78, 5) is 11.8. The summed E-state index contributed by atoms with van der Waals surface area (Å²) < 4.78 is 5.00. The van der Waals surface area contributed by atoms with E-state index in [0.717, 1.165) is 30.9 Å². The number of rotatable bonds is 4. The van der Waals surface area contributed by atoms with E-state index < -0.39 is 0 Å². The molecule has 5 heteroatoms. The molecule has 2 heterocycles. The van der Waals surface area contributed by atoms with Crippen LogP contribution in [0.4, 0.5) is 5.69 Å². The third-order valence-corrected chi connectivity index (χ3v) is 3.24. The molecular weight excluding hydrogens is 218 g/mol. The Morgan fingerprint density at radius 1 is 1.59 bits per heavy atom. The quantitative estimate of drug-likeness (QED) is 0.835. The monoisotopic (exact) mass is 237 g/mol. The highest BCUT2D eigenvalue weighted by atomic mass is 16.5. The minimum absolute atomic E-state index is 0.0475. The van der Waals surface area contributed by atoms with E-state index in [1.54, 1.807) is 6.92 Å². The predicted molar refractivity (Wildman–Crippen MR) is 64.8 cm³/mol. The minimum Gasteiger partial charge on any atom is -0.359 e. The number of hydrogen-bond acceptors (Lipinski definition) is 4. The van der Waals surface area contributed by atoms with Crippen molar-refractivity contribution >= 4 is 11.6 Å². The van der Waals surface area contributed by atoms with Crippen LogP contribution in [0, 0.1) is 19.8 Å². The third-order valence-electron chi connectivity index (χ3n) is 3.24. The van der Waals surface area contributed by atoms with Gasteiger partial charge in [-0.25, -0.2) is 0 Å². The van der Waals surface area contributed by atoms with Gasteiger partial charge in [0.15, 0.2) is 5.76 Å². The zero-order valence-corrected chi connectivity index (χ0v) is 10.4. The van der Waals surface area contributed by atoms with Crippen LogP contribution in [0.1, 0.15) is 30.7 Å². The number of aryl methyl sites for hydroxylation is 2. The highest BCUT2D eigenvalue weighted by Crippen LogP contribution is 2.20. The SMILES string of the molecule is Cc1noc(C)c1NC(=O)CCC1CCNC1. The first-order valence-electron chi connectivity index (χ1n) is 6.10. The second kappa shape index (κ2) is 5.31. The van der Waals surface area contributed by atoms with Gasteiger partial charge in [-0.05, 0) is 45.7 Å². The van der Waals surface area contributed by atoms with Crippen molar-refractivity contribution in [1.82, 2.24) is 10.5 Å². The van der Waals surface area contributed by atoms with Crippen molar-refractivity contribution in [2.75, 3.05) is 18.4 Å². The van der Waals surface area contributed by atoms with E-state index in [2.05, 4.69) is 15.8 Å². The van der Waals surface area contributed by atoms with Crippen LogP contribution < -0.4 is 10.6 Å². The van der Waals surface area contributed by atoms with E-state index in [4.69, 9.17) is 4.52 Å². The van der Waals surface area contributed by atoms with Crippen LogP contribution in [0.25, 0.3) is 0 Å². The molecule has 1 aromatic rings. The van der Waals surface area contributed by atoms with Gasteiger partial charge in [-0.15, -0.1) is 0 Å². The van der Waals surface area contributed by atoms with Gasteiger partial charge in [-0.2, -0.15) is 0 Å². The van der Waals surface area contributed by atoms with Gasteiger partial charge in [-0.1, -0.05) is 5.16 Å². The molecule has 0 radical (unpaired) electrons. The van der Waals surface area contributed by atoms with Crippen molar-refractivity contribution in [3.63, 3.8) is 0 Å². The molecule has 1 fully saturated rings. The molecule has 0 aromatic carbocycles. The molecule has 94 valence electrons. The fourth-order valence-corrected chi connectivity index (χ4v) is 2.16. The normalized spacial score (nSPS) is 19.5. The van der Waals surface area contributed by atoms with Gasteiger partial charge in [-0.3, -0.25) is 4.79 Å². The molecule has 1 aromatic heterocycles. The molecule has 0 spiro atoms. The Morgan fingerprint density at radius 3 is 3.00 bits per heavy atom. The van der Waals surface area contributed by atoms with E-state index in [1.165, 1.54) is 6.42 Å². The molecule has 0 aliphatic carbocycles. The first kappa shape index (κ1) is 12.1. The van der Waals surface area contributed by atoms with Gasteiger partial charge in [0, 0.05) is 6.42 Å². The number of anilines is 1. The summed E-state index contributed by atoms with van der Waals surface area (Å²) in [7, 11) is 0. The van der Waals surface area contributed by atoms with Crippen LogP contribution in [0.3, 0.4) is 0 Å². The van der Waals surface area contributed by atoms with E-state index in [-0.39, 0.29) is 5.91 Å². The molecular formula is C12H19N3O2. The highest BCUT2D eigenvalue weighted by Gasteiger charge is 2.17. The first-order valence-corrected chi connectivity index (χ1v) is 6.10. The lowest BCUT2D eigenvalue weighted by molar-refractivity contribution is -0.116. The summed E-state index contributed by atoms with van der Waals surface area (Å²) in [6, 6.07) is 0. The highest BCUT2D eigenvalue weighted by molar-refractivity contribution is 5.91. The molecule has 0 bridgehead atoms. The third kappa shape index (κ3) is 3.06. The molecule has 1 amide bonds. The second-order valence-electron chi connectivity index (χ2n) is 4.64. The maximum absolute atomic E-state index is 11.8. The van der Waals surface area contributed by atoms with Gasteiger partial charge in [0.1, 0.15) is 11.4 Å². The minimum atomic E-state index is 0.0475. The molecule has 1 aliphatic heterocycles. The van der Waals surface area contributed by atoms with Crippen molar-refractivity contribution in [1.29, 1.82) is 0 Å². The molecule has 2 N–H and O–H groups in total. The Labute approximate surface area is 101 Å². The van der Waals surface area contributed by atoms with E-state index >= 15 is 0 Å². The number of nitrogens with zero attached hydrogens (tertiary/aromatic N) is 1. The fourth-order valence-electron chi connectivity index (χ4n) is 2.16. The summed E-state index contributed by atoms with van der Waals surface area (Å²) in [6.07, 6.45) is 2.69. The smallest absolute Gasteiger partial charge is 0.224 e. The average Bonchev–Trinajstić information content (AvgIpc) is 2.91. The fraction of sp³-hybridized carbons (Fsp3) is 0.667. The van der Waals surface area contributed by atoms with Crippen molar-refractivity contribution in [3.8, 4) is 0 Å². The maximum atomic E-state index is 11.8. The predicted octanol–water partition coefficient (Wildman–Crippen LogP) is 1.62. The first-order chi connectivity index (χ1) is 8.16. The van der Waals surface area contributed by atoms with Gasteiger partial charge < -0.3 is 15.2 Å². The standard InChI is InChI=1S/C12H19N3O2/c1-8-12(9(2)17-15-8)14-11(16)4-3-10-5-6-13-7-10/h10,13H,3-7H2,1-2H3,(H,14,16). The number of nitrogens with one attached hydrogen (secondary N) is 2. The van der Waals surface area contributed by atoms with Crippen molar-refractivity contribution in [3.05, 3.63) is 11.5 Å². The van der Waals surface area contributed by atoms with Gasteiger partial charge >= 0.3 is 0 Å². The molecule has 1 atom stereocenters. The lowest BCUT2D eigenvalue weighted by Crippen LogP contribution is -2.15. The summed E-state index contributed by atoms with van der Waals surface area (Å²) in [5, 5.41) is 9.98. The number of aromatic nitrogens is 1. The molecule has 1 saturated heterocycles. The number of carbonyl (C=O) groups excluding carboxylic acids is 1. The average molecular weight is 237 g/mol. The van der Waals surface area contributed by atoms with Crippen LogP contribution in [0.15, 0.2) is 4.52 Å². The lowest BCUT2D eigenvalue weighted by Gasteiger charge is -2.08. The zero-order chi connectivity index (χ0) is 12.3. The van der Waals surface area contributed by atoms with Gasteiger partial charge in [0.25, 0.3) is 0 Å². The topological polar surface area (TPSA) is 67.2 Å². The Balaban J connectivity index is 1.80. The Bertz CT molecular complexity index is 375. The van der Waals surface area contributed by atoms with E-state index in [0.29, 0.717) is 18.1 Å². The van der Waals surface area contributed by atoms with Crippen LogP contribution in [-0.4, -0.2) is 24.2 Å². The number of carbonyl (C=O) groups is 1. The molecule has 0 saturated carbocycles. The summed E-state index contributed by atoms with van der Waals surface area (Å²) in [6.45, 7) is 5.75. The van der Waals surface area contributed by atoms with Crippen LogP contribution in [0.5, 0.6) is 0 Å². The summed E-state index contributed by atoms with van der Waals surface area (Å²) in [5.74, 6) is 1.36. The number of amides is 1. The second-order valence-corrected chi connectivity index (χ2v) is 4.64. The largest absolute Gasteiger partial charge is 0.359 e. The van der Waals surface area contributed by atoms with Crippen molar-refractivity contribution in [2.45, 2.75) is 33.1 Å². The number of hydrogen-bond donors (Lipinski definition) is 2. The Morgan fingerprint density at radius 2 is 2.41 bits per heavy atom. The van der Waals surface area contributed by atoms with Gasteiger partial charge in [0.2, 0.25) is 5.91 Å². The van der Waals surface area contributed by atoms with Crippen LogP contribution >= 0.6 is 0 Å². The summed E-state index contributed by atoms with van der Waals surface area (Å²) in [5.41, 5.74) is 1.46. The molecule has 2 rings (SSSR count). The maximum Gasteiger partial charge on any atom is 0.224 e. The van der Waals surface area contributed by atoms with E-state index in [9.17, 15) is 4.79 Å². The molecule has 1 aliphatic rings. The molecule has 1 unspecified atom stereocenters. The van der Waals surface area contributed by atoms with Crippen LogP contribution in [-0.2, 0) is 4.79 Å². The lowest BCUT2D eigenvalue weighted by atomic mass is 10.0. The Hall–Kier alpha value is -1.36.